The lowest BCUT2D eigenvalue weighted by Gasteiger charge is -2.40. The van der Waals surface area contributed by atoms with Gasteiger partial charge in [0.2, 0.25) is 0 Å². The van der Waals surface area contributed by atoms with Crippen LogP contribution in [0.15, 0.2) is 12.2 Å². The van der Waals surface area contributed by atoms with E-state index < -0.39 is 71.4 Å². The Morgan fingerprint density at radius 3 is 2.53 bits per heavy atom. The number of ketones is 1. The molecule has 1 N–H and O–H groups in total. The van der Waals surface area contributed by atoms with Crippen molar-refractivity contribution < 1.29 is 38.5 Å². The molecule has 30 heavy (non-hydrogen) atoms. The fraction of sp³-hybridized carbons (Fsp3) is 0.727. The van der Waals surface area contributed by atoms with Crippen molar-refractivity contribution in [1.82, 2.24) is 0 Å². The summed E-state index contributed by atoms with van der Waals surface area (Å²) >= 11 is 0. The first-order valence-corrected chi connectivity index (χ1v) is 10.4. The molecule has 1 aliphatic heterocycles. The zero-order chi connectivity index (χ0) is 22.5. The summed E-state index contributed by atoms with van der Waals surface area (Å²) in [4.78, 5) is 50.2. The van der Waals surface area contributed by atoms with E-state index in [9.17, 15) is 24.3 Å². The number of aliphatic hydroxyl groups excluding tert-OH is 1. The summed E-state index contributed by atoms with van der Waals surface area (Å²) in [7, 11) is 0. The Labute approximate surface area is 175 Å². The molecule has 2 aliphatic carbocycles. The van der Waals surface area contributed by atoms with Crippen LogP contribution in [-0.4, -0.2) is 53.2 Å². The Bertz CT molecular complexity index is 788. The van der Waals surface area contributed by atoms with Gasteiger partial charge in [0.25, 0.3) is 0 Å². The lowest BCUT2D eigenvalue weighted by atomic mass is 9.67. The molecule has 9 atom stereocenters. The number of esters is 3. The smallest absolute Gasteiger partial charge is 0.334 e. The maximum Gasteiger partial charge on any atom is 0.334 e. The number of carbonyl (C=O) groups is 4. The summed E-state index contributed by atoms with van der Waals surface area (Å²) in [6, 6.07) is 0. The summed E-state index contributed by atoms with van der Waals surface area (Å²) < 4.78 is 16.9. The van der Waals surface area contributed by atoms with Gasteiger partial charge in [-0.1, -0.05) is 27.4 Å². The first kappa shape index (κ1) is 22.5. The highest BCUT2D eigenvalue weighted by atomic mass is 16.6. The van der Waals surface area contributed by atoms with E-state index in [1.54, 1.807) is 20.8 Å². The number of hydrogen-bond acceptors (Lipinski definition) is 8. The summed E-state index contributed by atoms with van der Waals surface area (Å²) in [6.45, 7) is 12.0. The molecule has 0 amide bonds. The Balaban J connectivity index is 2.17. The van der Waals surface area contributed by atoms with Gasteiger partial charge >= 0.3 is 17.9 Å². The first-order valence-electron chi connectivity index (χ1n) is 10.4. The van der Waals surface area contributed by atoms with Crippen molar-refractivity contribution in [3.05, 3.63) is 12.2 Å². The van der Waals surface area contributed by atoms with E-state index in [2.05, 4.69) is 6.58 Å². The van der Waals surface area contributed by atoms with Crippen molar-refractivity contribution in [2.45, 2.75) is 71.9 Å². The fourth-order valence-electron chi connectivity index (χ4n) is 5.45. The van der Waals surface area contributed by atoms with Gasteiger partial charge in [0.05, 0.1) is 23.4 Å². The number of rotatable bonds is 4. The van der Waals surface area contributed by atoms with Crippen LogP contribution in [0.25, 0.3) is 0 Å². The summed E-state index contributed by atoms with van der Waals surface area (Å²) in [5, 5.41) is 10.8. The van der Waals surface area contributed by atoms with E-state index in [1.165, 1.54) is 6.92 Å². The molecule has 2 saturated carbocycles. The summed E-state index contributed by atoms with van der Waals surface area (Å²) in [5.41, 5.74) is -1.21. The molecule has 166 valence electrons. The normalized spacial score (nSPS) is 41.4. The van der Waals surface area contributed by atoms with E-state index in [1.807, 2.05) is 6.92 Å². The average molecular weight is 422 g/mol. The van der Waals surface area contributed by atoms with Crippen molar-refractivity contribution in [2.24, 2.45) is 29.1 Å². The molecule has 0 aromatic rings. The molecule has 0 aromatic carbocycles. The molecule has 8 heteroatoms. The molecule has 3 rings (SSSR count). The van der Waals surface area contributed by atoms with Gasteiger partial charge in [0.1, 0.15) is 24.1 Å². The second kappa shape index (κ2) is 7.80. The molecule has 8 nitrogen and oxygen atoms in total. The van der Waals surface area contributed by atoms with E-state index in [4.69, 9.17) is 14.2 Å². The number of aliphatic hydroxyl groups is 1. The van der Waals surface area contributed by atoms with Gasteiger partial charge < -0.3 is 19.3 Å². The lowest BCUT2D eigenvalue weighted by Crippen LogP contribution is -2.50. The maximum atomic E-state index is 13.2. The molecule has 3 fully saturated rings. The number of fused-ring (bicyclic) bond motifs is 2. The molecule has 0 bridgehead atoms. The van der Waals surface area contributed by atoms with Crippen LogP contribution in [0.1, 0.15) is 47.5 Å². The summed E-state index contributed by atoms with van der Waals surface area (Å²) in [5.74, 6) is -4.46. The van der Waals surface area contributed by atoms with Crippen molar-refractivity contribution in [1.29, 1.82) is 0 Å². The Hall–Kier alpha value is -2.22. The molecule has 0 radical (unpaired) electrons. The van der Waals surface area contributed by atoms with Crippen molar-refractivity contribution in [3.63, 3.8) is 0 Å². The largest absolute Gasteiger partial charge is 0.460 e. The minimum atomic E-state index is -1.28. The standard InChI is InChI=1S/C22H30O8/c1-7-9(2)20(26)30-19-15-10(3)21(27)29-18(15)17(28-12(5)23)11(4)16-13(24)8-14(25)22(16,19)6/h9,11,13,15-19,24H,3,7-8H2,1-2,4-6H3. The Kier molecular flexibility index (Phi) is 5.84. The van der Waals surface area contributed by atoms with E-state index in [-0.39, 0.29) is 17.8 Å². The molecule has 0 aromatic heterocycles. The lowest BCUT2D eigenvalue weighted by molar-refractivity contribution is -0.172. The zero-order valence-corrected chi connectivity index (χ0v) is 18.0. The molecule has 1 heterocycles. The highest BCUT2D eigenvalue weighted by molar-refractivity contribution is 5.93. The minimum Gasteiger partial charge on any atom is -0.460 e. The van der Waals surface area contributed by atoms with Gasteiger partial charge in [-0.2, -0.15) is 0 Å². The van der Waals surface area contributed by atoms with Crippen LogP contribution < -0.4 is 0 Å². The SMILES string of the molecule is C=C1C(=O)OC2C(OC(C)=O)C(C)C3C(O)CC(=O)C3(C)C(OC(=O)C(C)CC)C12. The third-order valence-electron chi connectivity index (χ3n) is 7.25. The Morgan fingerprint density at radius 2 is 1.97 bits per heavy atom. The van der Waals surface area contributed by atoms with Gasteiger partial charge in [-0.05, 0) is 13.3 Å². The van der Waals surface area contributed by atoms with Gasteiger partial charge in [-0.3, -0.25) is 14.4 Å². The minimum absolute atomic E-state index is 0.0716. The van der Waals surface area contributed by atoms with Crippen LogP contribution in [0.4, 0.5) is 0 Å². The van der Waals surface area contributed by atoms with Gasteiger partial charge in [-0.15, -0.1) is 0 Å². The molecule has 9 unspecified atom stereocenters. The molecular formula is C22H30O8. The zero-order valence-electron chi connectivity index (χ0n) is 18.0. The number of hydrogen-bond donors (Lipinski definition) is 1. The molecule has 1 saturated heterocycles. The van der Waals surface area contributed by atoms with Crippen LogP contribution in [0.5, 0.6) is 0 Å². The van der Waals surface area contributed by atoms with Crippen molar-refractivity contribution >= 4 is 23.7 Å². The highest BCUT2D eigenvalue weighted by Crippen LogP contribution is 2.57. The molecule has 0 spiro atoms. The maximum absolute atomic E-state index is 13.2. The van der Waals surface area contributed by atoms with Gasteiger partial charge in [0.15, 0.2) is 0 Å². The predicted molar refractivity (Wildman–Crippen MR) is 104 cm³/mol. The average Bonchev–Trinajstić information content (AvgIpc) is 3.06. The van der Waals surface area contributed by atoms with Crippen LogP contribution in [0.3, 0.4) is 0 Å². The van der Waals surface area contributed by atoms with E-state index >= 15 is 0 Å². The summed E-state index contributed by atoms with van der Waals surface area (Å²) in [6.07, 6.45) is -3.49. The Morgan fingerprint density at radius 1 is 1.33 bits per heavy atom. The van der Waals surface area contributed by atoms with Crippen LogP contribution in [0.2, 0.25) is 0 Å². The van der Waals surface area contributed by atoms with Crippen LogP contribution in [-0.2, 0) is 33.4 Å². The quantitative estimate of drug-likeness (QED) is 0.412. The first-order chi connectivity index (χ1) is 13.9. The van der Waals surface area contributed by atoms with Crippen molar-refractivity contribution in [3.8, 4) is 0 Å². The van der Waals surface area contributed by atoms with Crippen LogP contribution >= 0.6 is 0 Å². The van der Waals surface area contributed by atoms with Crippen molar-refractivity contribution in [2.75, 3.05) is 0 Å². The molecular weight excluding hydrogens is 392 g/mol. The molecule has 3 aliphatic rings. The topological polar surface area (TPSA) is 116 Å². The van der Waals surface area contributed by atoms with E-state index in [0.717, 1.165) is 0 Å². The number of ether oxygens (including phenoxy) is 3. The van der Waals surface area contributed by atoms with Gasteiger partial charge in [-0.25, -0.2) is 4.79 Å². The monoisotopic (exact) mass is 422 g/mol. The third-order valence-corrected chi connectivity index (χ3v) is 7.25. The van der Waals surface area contributed by atoms with E-state index in [0.29, 0.717) is 6.42 Å². The number of Topliss-reactive ketones (excluding diaryl/α,β-unsaturated/α-hetero) is 1. The highest BCUT2D eigenvalue weighted by Gasteiger charge is 2.68. The number of carbonyl (C=O) groups excluding carboxylic acids is 4. The van der Waals surface area contributed by atoms with Gasteiger partial charge in [0, 0.05) is 30.8 Å². The predicted octanol–water partition coefficient (Wildman–Crippen LogP) is 1.58. The second-order valence-electron chi connectivity index (χ2n) is 9.02. The third kappa shape index (κ3) is 3.25. The fourth-order valence-corrected chi connectivity index (χ4v) is 5.45. The van der Waals surface area contributed by atoms with Crippen LogP contribution in [0, 0.1) is 29.1 Å². The second-order valence-corrected chi connectivity index (χ2v) is 9.02.